The molecule has 3 heteroatoms. The number of para-hydroxylation sites is 1. The van der Waals surface area contributed by atoms with Crippen molar-refractivity contribution in [3.05, 3.63) is 36.0 Å². The smallest absolute Gasteiger partial charge is 0.0781 e. The van der Waals surface area contributed by atoms with Gasteiger partial charge in [-0.3, -0.25) is 5.32 Å². The summed E-state index contributed by atoms with van der Waals surface area (Å²) in [6.45, 7) is 1.68. The molecule has 2 heterocycles. The van der Waals surface area contributed by atoms with E-state index in [4.69, 9.17) is 0 Å². The first-order valence-electron chi connectivity index (χ1n) is 4.77. The van der Waals surface area contributed by atoms with Crippen LogP contribution in [0.15, 0.2) is 30.3 Å². The molecule has 0 bridgehead atoms. The van der Waals surface area contributed by atoms with Gasteiger partial charge in [-0.25, -0.2) is 4.98 Å². The monoisotopic (exact) mass is 185 g/mol. The first-order valence-corrected chi connectivity index (χ1v) is 4.77. The van der Waals surface area contributed by atoms with E-state index in [0.717, 1.165) is 30.1 Å². The molecule has 0 unspecified atom stereocenters. The average molecular weight is 185 g/mol. The summed E-state index contributed by atoms with van der Waals surface area (Å²) < 4.78 is 0. The van der Waals surface area contributed by atoms with Gasteiger partial charge in [0.2, 0.25) is 0 Å². The largest absolute Gasteiger partial charge is 0.371 e. The van der Waals surface area contributed by atoms with Crippen LogP contribution in [0, 0.1) is 0 Å². The molecule has 2 aromatic rings. The number of hydrogen-bond acceptors (Lipinski definition) is 3. The molecule has 0 amide bonds. The van der Waals surface area contributed by atoms with Crippen LogP contribution in [0.1, 0.15) is 5.69 Å². The second-order valence-corrected chi connectivity index (χ2v) is 3.46. The SMILES string of the molecule is c1ccc2nc3c(cc2c1)NCNC3. The maximum atomic E-state index is 4.59. The van der Waals surface area contributed by atoms with Crippen molar-refractivity contribution < 1.29 is 0 Å². The number of pyridine rings is 1. The van der Waals surface area contributed by atoms with Gasteiger partial charge >= 0.3 is 0 Å². The minimum absolute atomic E-state index is 0.826. The summed E-state index contributed by atoms with van der Waals surface area (Å²) in [5, 5.41) is 7.71. The van der Waals surface area contributed by atoms with Crippen molar-refractivity contribution in [2.75, 3.05) is 12.0 Å². The predicted molar refractivity (Wildman–Crippen MR) is 57.1 cm³/mol. The van der Waals surface area contributed by atoms with E-state index in [-0.39, 0.29) is 0 Å². The van der Waals surface area contributed by atoms with Crippen LogP contribution in [0.2, 0.25) is 0 Å². The lowest BCUT2D eigenvalue weighted by atomic mass is 10.1. The molecule has 0 saturated carbocycles. The number of fused-ring (bicyclic) bond motifs is 2. The van der Waals surface area contributed by atoms with Crippen molar-refractivity contribution in [3.8, 4) is 0 Å². The Morgan fingerprint density at radius 2 is 2.14 bits per heavy atom. The molecular formula is C11H11N3. The Kier molecular flexibility index (Phi) is 1.64. The van der Waals surface area contributed by atoms with Crippen molar-refractivity contribution in [3.63, 3.8) is 0 Å². The van der Waals surface area contributed by atoms with E-state index < -0.39 is 0 Å². The van der Waals surface area contributed by atoms with Crippen LogP contribution in [0.4, 0.5) is 5.69 Å². The maximum Gasteiger partial charge on any atom is 0.0781 e. The molecule has 1 aliphatic rings. The molecule has 0 aliphatic carbocycles. The Hall–Kier alpha value is -1.61. The van der Waals surface area contributed by atoms with E-state index in [1.807, 2.05) is 18.2 Å². The average Bonchev–Trinajstić information content (AvgIpc) is 2.26. The molecule has 3 rings (SSSR count). The third-order valence-electron chi connectivity index (χ3n) is 2.50. The fourth-order valence-electron chi connectivity index (χ4n) is 1.78. The molecule has 0 radical (unpaired) electrons. The normalized spacial score (nSPS) is 14.9. The van der Waals surface area contributed by atoms with Crippen LogP contribution in [-0.4, -0.2) is 11.7 Å². The summed E-state index contributed by atoms with van der Waals surface area (Å²) >= 11 is 0. The third kappa shape index (κ3) is 1.14. The van der Waals surface area contributed by atoms with Gasteiger partial charge in [-0.2, -0.15) is 0 Å². The van der Waals surface area contributed by atoms with Crippen LogP contribution in [-0.2, 0) is 6.54 Å². The zero-order chi connectivity index (χ0) is 9.38. The summed E-state index contributed by atoms with van der Waals surface area (Å²) in [6, 6.07) is 10.4. The van der Waals surface area contributed by atoms with Gasteiger partial charge in [0.05, 0.1) is 23.6 Å². The maximum absolute atomic E-state index is 4.59. The van der Waals surface area contributed by atoms with Gasteiger partial charge in [-0.1, -0.05) is 18.2 Å². The Morgan fingerprint density at radius 3 is 3.14 bits per heavy atom. The first-order chi connectivity index (χ1) is 6.93. The number of aromatic nitrogens is 1. The highest BCUT2D eigenvalue weighted by Gasteiger charge is 2.09. The number of benzene rings is 1. The summed E-state index contributed by atoms with van der Waals surface area (Å²) in [7, 11) is 0. The van der Waals surface area contributed by atoms with E-state index in [1.165, 1.54) is 5.39 Å². The second kappa shape index (κ2) is 2.96. The van der Waals surface area contributed by atoms with Gasteiger partial charge in [0.1, 0.15) is 0 Å². The molecule has 1 aromatic heterocycles. The van der Waals surface area contributed by atoms with E-state index in [9.17, 15) is 0 Å². The second-order valence-electron chi connectivity index (χ2n) is 3.46. The lowest BCUT2D eigenvalue weighted by Gasteiger charge is -2.18. The van der Waals surface area contributed by atoms with Crippen molar-refractivity contribution in [1.82, 2.24) is 10.3 Å². The molecule has 1 aliphatic heterocycles. The zero-order valence-electron chi connectivity index (χ0n) is 7.75. The van der Waals surface area contributed by atoms with Crippen LogP contribution >= 0.6 is 0 Å². The molecule has 3 nitrogen and oxygen atoms in total. The van der Waals surface area contributed by atoms with Gasteiger partial charge in [-0.15, -0.1) is 0 Å². The highest BCUT2D eigenvalue weighted by molar-refractivity contribution is 5.82. The zero-order valence-corrected chi connectivity index (χ0v) is 7.75. The van der Waals surface area contributed by atoms with Gasteiger partial charge in [0.25, 0.3) is 0 Å². The summed E-state index contributed by atoms with van der Waals surface area (Å²) in [4.78, 5) is 4.59. The topological polar surface area (TPSA) is 37.0 Å². The molecule has 0 atom stereocenters. The molecule has 0 spiro atoms. The van der Waals surface area contributed by atoms with E-state index in [0.29, 0.717) is 0 Å². The van der Waals surface area contributed by atoms with Gasteiger partial charge in [-0.05, 0) is 12.1 Å². The van der Waals surface area contributed by atoms with Gasteiger partial charge in [0.15, 0.2) is 0 Å². The molecule has 2 N–H and O–H groups in total. The van der Waals surface area contributed by atoms with Crippen molar-refractivity contribution >= 4 is 16.6 Å². The lowest BCUT2D eigenvalue weighted by Crippen LogP contribution is -2.28. The predicted octanol–water partition coefficient (Wildman–Crippen LogP) is 1.71. The molecule has 70 valence electrons. The standard InChI is InChI=1S/C11H11N3/c1-2-4-9-8(3-1)5-10-11(14-9)6-12-7-13-10/h1-5,12-13H,6-7H2. The summed E-state index contributed by atoms with van der Waals surface area (Å²) in [5.74, 6) is 0. The minimum Gasteiger partial charge on any atom is -0.371 e. The highest BCUT2D eigenvalue weighted by Crippen LogP contribution is 2.21. The fourth-order valence-corrected chi connectivity index (χ4v) is 1.78. The van der Waals surface area contributed by atoms with Crippen molar-refractivity contribution in [1.29, 1.82) is 0 Å². The van der Waals surface area contributed by atoms with Crippen LogP contribution in [0.25, 0.3) is 10.9 Å². The van der Waals surface area contributed by atoms with Crippen LogP contribution < -0.4 is 10.6 Å². The fraction of sp³-hybridized carbons (Fsp3) is 0.182. The summed E-state index contributed by atoms with van der Waals surface area (Å²) in [6.07, 6.45) is 0. The third-order valence-corrected chi connectivity index (χ3v) is 2.50. The van der Waals surface area contributed by atoms with Crippen molar-refractivity contribution in [2.24, 2.45) is 0 Å². The Labute approximate surface area is 82.2 Å². The van der Waals surface area contributed by atoms with Crippen LogP contribution in [0.5, 0.6) is 0 Å². The number of anilines is 1. The molecular weight excluding hydrogens is 174 g/mol. The van der Waals surface area contributed by atoms with E-state index in [1.54, 1.807) is 0 Å². The molecule has 0 saturated heterocycles. The first kappa shape index (κ1) is 7.76. The highest BCUT2D eigenvalue weighted by atomic mass is 15.1. The Morgan fingerprint density at radius 1 is 1.21 bits per heavy atom. The van der Waals surface area contributed by atoms with E-state index >= 15 is 0 Å². The summed E-state index contributed by atoms with van der Waals surface area (Å²) in [5.41, 5.74) is 3.33. The van der Waals surface area contributed by atoms with E-state index in [2.05, 4.69) is 27.8 Å². The minimum atomic E-state index is 0.826. The number of rotatable bonds is 0. The van der Waals surface area contributed by atoms with Gasteiger partial charge in [0, 0.05) is 11.9 Å². The molecule has 14 heavy (non-hydrogen) atoms. The van der Waals surface area contributed by atoms with Crippen molar-refractivity contribution in [2.45, 2.75) is 6.54 Å². The number of nitrogens with one attached hydrogen (secondary N) is 2. The molecule has 1 aromatic carbocycles. The molecule has 0 fully saturated rings. The Balaban J connectivity index is 2.27. The number of nitrogens with zero attached hydrogens (tertiary/aromatic N) is 1. The number of hydrogen-bond donors (Lipinski definition) is 2. The lowest BCUT2D eigenvalue weighted by molar-refractivity contribution is 0.694. The van der Waals surface area contributed by atoms with Gasteiger partial charge < -0.3 is 5.32 Å². The Bertz CT molecular complexity index is 434. The quantitative estimate of drug-likeness (QED) is 0.656. The van der Waals surface area contributed by atoms with Crippen LogP contribution in [0.3, 0.4) is 0 Å².